The van der Waals surface area contributed by atoms with Gasteiger partial charge in [-0.15, -0.1) is 0 Å². The van der Waals surface area contributed by atoms with E-state index in [1.54, 1.807) is 25.3 Å². The molecule has 108 valence electrons. The Kier molecular flexibility index (Phi) is 4.79. The van der Waals surface area contributed by atoms with Gasteiger partial charge in [-0.1, -0.05) is 25.1 Å². The second-order valence-corrected chi connectivity index (χ2v) is 5.30. The second-order valence-electron chi connectivity index (χ2n) is 4.86. The van der Waals surface area contributed by atoms with Crippen molar-refractivity contribution in [2.75, 3.05) is 12.4 Å². The minimum atomic E-state index is -0.210. The summed E-state index contributed by atoms with van der Waals surface area (Å²) in [5.74, 6) is 0.539. The smallest absolute Gasteiger partial charge is 0.319 e. The first-order valence-electron chi connectivity index (χ1n) is 6.65. The Hall–Kier alpha value is -1.82. The van der Waals surface area contributed by atoms with E-state index in [2.05, 4.69) is 10.6 Å². The quantitative estimate of drug-likeness (QED) is 0.745. The summed E-state index contributed by atoms with van der Waals surface area (Å²) in [6.07, 6.45) is 4.45. The van der Waals surface area contributed by atoms with Crippen molar-refractivity contribution in [3.05, 3.63) is 23.8 Å². The maximum atomic E-state index is 11.9. The molecule has 0 aliphatic heterocycles. The third-order valence-electron chi connectivity index (χ3n) is 3.42. The fourth-order valence-corrected chi connectivity index (χ4v) is 2.49. The number of ether oxygens (including phenoxy) is 1. The van der Waals surface area contributed by atoms with E-state index >= 15 is 0 Å². The maximum absolute atomic E-state index is 11.9. The highest BCUT2D eigenvalue weighted by molar-refractivity contribution is 7.80. The van der Waals surface area contributed by atoms with Crippen molar-refractivity contribution in [1.29, 1.82) is 0 Å². The van der Waals surface area contributed by atoms with Gasteiger partial charge >= 0.3 is 6.03 Å². The van der Waals surface area contributed by atoms with Crippen LogP contribution >= 0.6 is 12.2 Å². The Morgan fingerprint density at radius 3 is 2.70 bits per heavy atom. The second kappa shape index (κ2) is 6.56. The van der Waals surface area contributed by atoms with Crippen molar-refractivity contribution in [3.63, 3.8) is 0 Å². The van der Waals surface area contributed by atoms with Gasteiger partial charge < -0.3 is 21.1 Å². The zero-order chi connectivity index (χ0) is 14.5. The molecule has 0 atom stereocenters. The van der Waals surface area contributed by atoms with E-state index in [1.807, 2.05) is 0 Å². The van der Waals surface area contributed by atoms with Crippen LogP contribution in [0.15, 0.2) is 18.2 Å². The van der Waals surface area contributed by atoms with Crippen LogP contribution in [0.4, 0.5) is 10.5 Å². The number of benzene rings is 1. The van der Waals surface area contributed by atoms with E-state index in [9.17, 15) is 4.79 Å². The first-order chi connectivity index (χ1) is 9.60. The predicted molar refractivity (Wildman–Crippen MR) is 83.3 cm³/mol. The van der Waals surface area contributed by atoms with E-state index in [1.165, 1.54) is 12.8 Å². The topological polar surface area (TPSA) is 76.4 Å². The number of carbonyl (C=O) groups is 1. The number of rotatable bonds is 4. The molecule has 0 heterocycles. The molecule has 20 heavy (non-hydrogen) atoms. The molecule has 0 bridgehead atoms. The summed E-state index contributed by atoms with van der Waals surface area (Å²) >= 11 is 4.92. The zero-order valence-corrected chi connectivity index (χ0v) is 12.3. The summed E-state index contributed by atoms with van der Waals surface area (Å²) in [6, 6.07) is 5.28. The van der Waals surface area contributed by atoms with Crippen LogP contribution in [-0.4, -0.2) is 24.2 Å². The van der Waals surface area contributed by atoms with E-state index in [4.69, 9.17) is 22.7 Å². The van der Waals surface area contributed by atoms with Gasteiger partial charge in [0.05, 0.1) is 12.8 Å². The Balaban J connectivity index is 2.04. The van der Waals surface area contributed by atoms with Crippen LogP contribution in [0.3, 0.4) is 0 Å². The van der Waals surface area contributed by atoms with Crippen LogP contribution < -0.4 is 21.1 Å². The Morgan fingerprint density at radius 1 is 1.40 bits per heavy atom. The van der Waals surface area contributed by atoms with Crippen molar-refractivity contribution in [3.8, 4) is 5.75 Å². The summed E-state index contributed by atoms with van der Waals surface area (Å²) in [4.78, 5) is 12.2. The fraction of sp³-hybridized carbons (Fsp3) is 0.429. The van der Waals surface area contributed by atoms with Crippen molar-refractivity contribution < 1.29 is 9.53 Å². The lowest BCUT2D eigenvalue weighted by molar-refractivity contribution is 0.248. The summed E-state index contributed by atoms with van der Waals surface area (Å²) < 4.78 is 5.25. The summed E-state index contributed by atoms with van der Waals surface area (Å²) in [7, 11) is 1.54. The number of carbonyl (C=O) groups excluding carboxylic acids is 1. The summed E-state index contributed by atoms with van der Waals surface area (Å²) in [5.41, 5.74) is 6.88. The lowest BCUT2D eigenvalue weighted by atomic mass is 10.2. The normalized spacial score (nSPS) is 14.8. The number of anilines is 1. The van der Waals surface area contributed by atoms with Crippen LogP contribution in [0.2, 0.25) is 0 Å². The Morgan fingerprint density at radius 2 is 2.10 bits per heavy atom. The number of hydrogen-bond donors (Lipinski definition) is 3. The van der Waals surface area contributed by atoms with Crippen LogP contribution in [0.5, 0.6) is 5.75 Å². The molecular weight excluding hydrogens is 274 g/mol. The third kappa shape index (κ3) is 3.60. The average molecular weight is 293 g/mol. The molecule has 0 radical (unpaired) electrons. The molecule has 1 aromatic carbocycles. The van der Waals surface area contributed by atoms with Gasteiger partial charge in [-0.25, -0.2) is 4.79 Å². The van der Waals surface area contributed by atoms with Gasteiger partial charge in [-0.3, -0.25) is 0 Å². The van der Waals surface area contributed by atoms with E-state index in [-0.39, 0.29) is 12.1 Å². The van der Waals surface area contributed by atoms with Gasteiger partial charge in [-0.05, 0) is 31.0 Å². The number of amides is 2. The van der Waals surface area contributed by atoms with Crippen LogP contribution in [0.1, 0.15) is 31.2 Å². The highest BCUT2D eigenvalue weighted by Gasteiger charge is 2.17. The van der Waals surface area contributed by atoms with Gasteiger partial charge in [0.1, 0.15) is 10.7 Å². The SMILES string of the molecule is COc1cc(C(N)=S)ccc1NC(=O)NC1CCCC1. The van der Waals surface area contributed by atoms with Crippen LogP contribution in [0, 0.1) is 0 Å². The van der Waals surface area contributed by atoms with E-state index < -0.39 is 0 Å². The Labute approximate surface area is 123 Å². The number of urea groups is 1. The molecule has 0 aromatic heterocycles. The molecular formula is C14H19N3O2S. The van der Waals surface area contributed by atoms with Gasteiger partial charge in [0, 0.05) is 11.6 Å². The van der Waals surface area contributed by atoms with Gasteiger partial charge in [0.25, 0.3) is 0 Å². The maximum Gasteiger partial charge on any atom is 0.319 e. The molecule has 2 amide bonds. The van der Waals surface area contributed by atoms with E-state index in [0.717, 1.165) is 12.8 Å². The van der Waals surface area contributed by atoms with Gasteiger partial charge in [0.2, 0.25) is 0 Å². The lowest BCUT2D eigenvalue weighted by Crippen LogP contribution is -2.36. The molecule has 5 nitrogen and oxygen atoms in total. The first kappa shape index (κ1) is 14.6. The fourth-order valence-electron chi connectivity index (χ4n) is 2.36. The molecule has 2 rings (SSSR count). The highest BCUT2D eigenvalue weighted by atomic mass is 32.1. The molecule has 6 heteroatoms. The number of hydrogen-bond acceptors (Lipinski definition) is 3. The van der Waals surface area contributed by atoms with Crippen molar-refractivity contribution in [2.45, 2.75) is 31.7 Å². The molecule has 0 saturated heterocycles. The number of thiocarbonyl (C=S) groups is 1. The van der Waals surface area contributed by atoms with Crippen molar-refractivity contribution in [1.82, 2.24) is 5.32 Å². The lowest BCUT2D eigenvalue weighted by Gasteiger charge is -2.15. The average Bonchev–Trinajstić information content (AvgIpc) is 2.91. The summed E-state index contributed by atoms with van der Waals surface area (Å²) in [6.45, 7) is 0. The van der Waals surface area contributed by atoms with Gasteiger partial charge in [0.15, 0.2) is 0 Å². The van der Waals surface area contributed by atoms with Crippen LogP contribution in [-0.2, 0) is 0 Å². The monoisotopic (exact) mass is 293 g/mol. The number of nitrogens with two attached hydrogens (primary N) is 1. The minimum Gasteiger partial charge on any atom is -0.495 e. The first-order valence-corrected chi connectivity index (χ1v) is 7.06. The van der Waals surface area contributed by atoms with E-state index in [0.29, 0.717) is 22.0 Å². The minimum absolute atomic E-state index is 0.210. The Bertz CT molecular complexity index is 513. The number of methoxy groups -OCH3 is 1. The highest BCUT2D eigenvalue weighted by Crippen LogP contribution is 2.26. The molecule has 4 N–H and O–H groups in total. The molecule has 1 fully saturated rings. The third-order valence-corrected chi connectivity index (χ3v) is 3.66. The molecule has 1 aliphatic carbocycles. The molecule has 1 aliphatic rings. The van der Waals surface area contributed by atoms with Crippen LogP contribution in [0.25, 0.3) is 0 Å². The predicted octanol–water partition coefficient (Wildman–Crippen LogP) is 2.39. The molecule has 0 spiro atoms. The summed E-state index contributed by atoms with van der Waals surface area (Å²) in [5, 5.41) is 5.76. The van der Waals surface area contributed by atoms with Gasteiger partial charge in [-0.2, -0.15) is 0 Å². The zero-order valence-electron chi connectivity index (χ0n) is 11.4. The van der Waals surface area contributed by atoms with Crippen molar-refractivity contribution in [2.24, 2.45) is 5.73 Å². The molecule has 0 unspecified atom stereocenters. The standard InChI is InChI=1S/C14H19N3O2S/c1-19-12-8-9(13(15)20)6-7-11(12)17-14(18)16-10-4-2-3-5-10/h6-8,10H,2-5H2,1H3,(H2,15,20)(H2,16,17,18). The number of nitrogens with one attached hydrogen (secondary N) is 2. The molecule has 1 saturated carbocycles. The molecule has 1 aromatic rings. The van der Waals surface area contributed by atoms with Crippen molar-refractivity contribution >= 4 is 28.9 Å². The largest absolute Gasteiger partial charge is 0.495 e.